The van der Waals surface area contributed by atoms with E-state index in [0.29, 0.717) is 22.7 Å². The summed E-state index contributed by atoms with van der Waals surface area (Å²) in [5.74, 6) is 0.650. The molecule has 0 unspecified atom stereocenters. The Balaban J connectivity index is 1.70. The summed E-state index contributed by atoms with van der Waals surface area (Å²) >= 11 is 3.46. The molecule has 3 nitrogen and oxygen atoms in total. The van der Waals surface area contributed by atoms with Gasteiger partial charge in [-0.3, -0.25) is 4.79 Å². The van der Waals surface area contributed by atoms with E-state index in [1.807, 2.05) is 18.2 Å². The van der Waals surface area contributed by atoms with E-state index in [9.17, 15) is 9.59 Å². The molecule has 1 spiro atoms. The molecule has 0 bridgehead atoms. The number of hydrogen-bond donors (Lipinski definition) is 0. The molecule has 0 amide bonds. The monoisotopic (exact) mass is 350 g/mol. The van der Waals surface area contributed by atoms with Gasteiger partial charge in [0.2, 0.25) is 0 Å². The summed E-state index contributed by atoms with van der Waals surface area (Å²) in [4.78, 5) is 22.8. The highest BCUT2D eigenvalue weighted by molar-refractivity contribution is 9.10. The molecule has 2 aliphatic carbocycles. The zero-order valence-corrected chi connectivity index (χ0v) is 13.7. The number of Topliss-reactive ketones (excluding diaryl/α,β-unsaturated/α-hetero) is 1. The van der Waals surface area contributed by atoms with Crippen molar-refractivity contribution in [3.63, 3.8) is 0 Å². The molecule has 0 heterocycles. The number of rotatable bonds is 2. The van der Waals surface area contributed by atoms with Gasteiger partial charge in [0.1, 0.15) is 5.78 Å². The van der Waals surface area contributed by atoms with Crippen molar-refractivity contribution in [3.8, 4) is 0 Å². The third-order valence-corrected chi connectivity index (χ3v) is 5.72. The van der Waals surface area contributed by atoms with Gasteiger partial charge in [0, 0.05) is 17.3 Å². The molecule has 0 radical (unpaired) electrons. The lowest BCUT2D eigenvalue weighted by Gasteiger charge is -2.45. The topological polar surface area (TPSA) is 43.4 Å². The van der Waals surface area contributed by atoms with Crippen LogP contribution in [0.1, 0.15) is 60.4 Å². The van der Waals surface area contributed by atoms with Crippen LogP contribution in [-0.2, 0) is 9.53 Å². The van der Waals surface area contributed by atoms with Crippen molar-refractivity contribution >= 4 is 27.7 Å². The molecule has 1 aromatic rings. The molecule has 2 saturated carbocycles. The van der Waals surface area contributed by atoms with Gasteiger partial charge in [0.05, 0.1) is 12.7 Å². The lowest BCUT2D eigenvalue weighted by atomic mass is 9.58. The molecule has 0 aromatic heterocycles. The maximum atomic E-state index is 11.6. The Morgan fingerprint density at radius 2 is 1.95 bits per heavy atom. The average Bonchev–Trinajstić information content (AvgIpc) is 2.46. The van der Waals surface area contributed by atoms with E-state index in [1.165, 1.54) is 12.7 Å². The number of halogens is 1. The highest BCUT2D eigenvalue weighted by Gasteiger charge is 2.45. The first-order valence-corrected chi connectivity index (χ1v) is 8.22. The number of carbonyl (C=O) groups is 2. The molecule has 3 rings (SSSR count). The minimum absolute atomic E-state index is 0.316. The van der Waals surface area contributed by atoms with Crippen LogP contribution in [0.3, 0.4) is 0 Å². The zero-order chi connectivity index (χ0) is 15.0. The van der Waals surface area contributed by atoms with E-state index in [0.717, 1.165) is 43.0 Å². The lowest BCUT2D eigenvalue weighted by Crippen LogP contribution is -2.40. The fourth-order valence-electron chi connectivity index (χ4n) is 3.76. The molecular weight excluding hydrogens is 332 g/mol. The number of methoxy groups -OCH3 is 1. The first-order chi connectivity index (χ1) is 10.0. The number of carbonyl (C=O) groups excluding carboxylic acids is 2. The Hall–Kier alpha value is -1.16. The molecule has 0 saturated heterocycles. The maximum absolute atomic E-state index is 11.6. The largest absolute Gasteiger partial charge is 0.465 e. The first kappa shape index (κ1) is 14.8. The summed E-state index contributed by atoms with van der Waals surface area (Å²) in [7, 11) is 1.39. The van der Waals surface area contributed by atoms with Gasteiger partial charge in [0.25, 0.3) is 0 Å². The van der Waals surface area contributed by atoms with Crippen molar-refractivity contribution in [2.75, 3.05) is 7.11 Å². The van der Waals surface area contributed by atoms with Crippen molar-refractivity contribution in [3.05, 3.63) is 33.8 Å². The lowest BCUT2D eigenvalue weighted by molar-refractivity contribution is -0.134. The Morgan fingerprint density at radius 3 is 2.48 bits per heavy atom. The Bertz CT molecular complexity index is 576. The first-order valence-electron chi connectivity index (χ1n) is 7.42. The van der Waals surface area contributed by atoms with Gasteiger partial charge in [0.15, 0.2) is 0 Å². The van der Waals surface area contributed by atoms with Gasteiger partial charge in [-0.05, 0) is 70.6 Å². The molecule has 0 N–H and O–H groups in total. The molecule has 4 heteroatoms. The van der Waals surface area contributed by atoms with E-state index in [-0.39, 0.29) is 5.97 Å². The van der Waals surface area contributed by atoms with Gasteiger partial charge >= 0.3 is 5.97 Å². The van der Waals surface area contributed by atoms with Gasteiger partial charge < -0.3 is 4.74 Å². The third kappa shape index (κ3) is 2.78. The summed E-state index contributed by atoms with van der Waals surface area (Å²) in [6.07, 6.45) is 6.17. The van der Waals surface area contributed by atoms with Crippen LogP contribution in [0.4, 0.5) is 0 Å². The van der Waals surface area contributed by atoms with Crippen LogP contribution in [0, 0.1) is 5.41 Å². The van der Waals surface area contributed by atoms with Crippen LogP contribution in [0.2, 0.25) is 0 Å². The minimum Gasteiger partial charge on any atom is -0.465 e. The summed E-state index contributed by atoms with van der Waals surface area (Å²) in [6, 6.07) is 5.91. The van der Waals surface area contributed by atoms with Gasteiger partial charge in [-0.25, -0.2) is 4.79 Å². The van der Waals surface area contributed by atoms with Gasteiger partial charge in [-0.15, -0.1) is 0 Å². The van der Waals surface area contributed by atoms with Crippen LogP contribution in [0.15, 0.2) is 22.7 Å². The van der Waals surface area contributed by atoms with Crippen molar-refractivity contribution in [1.82, 2.24) is 0 Å². The van der Waals surface area contributed by atoms with Crippen LogP contribution in [0.25, 0.3) is 0 Å². The van der Waals surface area contributed by atoms with Crippen LogP contribution >= 0.6 is 15.9 Å². The molecule has 1 aromatic carbocycles. The molecule has 0 aliphatic heterocycles. The number of esters is 1. The molecule has 112 valence electrons. The highest BCUT2D eigenvalue weighted by Crippen LogP contribution is 2.52. The third-order valence-electron chi connectivity index (χ3n) is 5.06. The number of ketones is 1. The van der Waals surface area contributed by atoms with E-state index in [4.69, 9.17) is 4.74 Å². The second-order valence-electron chi connectivity index (χ2n) is 6.40. The maximum Gasteiger partial charge on any atom is 0.338 e. The standard InChI is InChI=1S/C17H19BrO3/c1-21-16(20)14-3-2-12(8-15(14)18)11-4-6-17(7-5-11)9-13(19)10-17/h2-3,8,11H,4-7,9-10H2,1H3. The summed E-state index contributed by atoms with van der Waals surface area (Å²) in [6.45, 7) is 0. The van der Waals surface area contributed by atoms with E-state index in [1.54, 1.807) is 0 Å². The van der Waals surface area contributed by atoms with Crippen LogP contribution in [0.5, 0.6) is 0 Å². The zero-order valence-electron chi connectivity index (χ0n) is 12.2. The highest BCUT2D eigenvalue weighted by atomic mass is 79.9. The van der Waals surface area contributed by atoms with Crippen LogP contribution in [-0.4, -0.2) is 18.9 Å². The predicted molar refractivity (Wildman–Crippen MR) is 83.4 cm³/mol. The fraction of sp³-hybridized carbons (Fsp3) is 0.529. The summed E-state index contributed by atoms with van der Waals surface area (Å²) in [5, 5.41) is 0. The van der Waals surface area contributed by atoms with E-state index >= 15 is 0 Å². The molecule has 0 atom stereocenters. The second kappa shape index (κ2) is 5.56. The normalized spacial score (nSPS) is 21.1. The average molecular weight is 351 g/mol. The molecule has 2 fully saturated rings. The SMILES string of the molecule is COC(=O)c1ccc(C2CCC3(CC2)CC(=O)C3)cc1Br. The second-order valence-corrected chi connectivity index (χ2v) is 7.25. The van der Waals surface area contributed by atoms with Crippen molar-refractivity contribution < 1.29 is 14.3 Å². The number of benzene rings is 1. The van der Waals surface area contributed by atoms with Crippen molar-refractivity contribution in [1.29, 1.82) is 0 Å². The van der Waals surface area contributed by atoms with Crippen LogP contribution < -0.4 is 0 Å². The summed E-state index contributed by atoms with van der Waals surface area (Å²) in [5.41, 5.74) is 2.17. The Labute approximate surface area is 133 Å². The molecular formula is C17H19BrO3. The van der Waals surface area contributed by atoms with Gasteiger partial charge in [-0.1, -0.05) is 6.07 Å². The predicted octanol–water partition coefficient (Wildman–Crippen LogP) is 4.24. The number of ether oxygens (including phenoxy) is 1. The number of hydrogen-bond acceptors (Lipinski definition) is 3. The van der Waals surface area contributed by atoms with E-state index < -0.39 is 0 Å². The van der Waals surface area contributed by atoms with Crippen molar-refractivity contribution in [2.24, 2.45) is 5.41 Å². The van der Waals surface area contributed by atoms with E-state index in [2.05, 4.69) is 15.9 Å². The Kier molecular flexibility index (Phi) is 3.91. The quantitative estimate of drug-likeness (QED) is 0.749. The van der Waals surface area contributed by atoms with Crippen molar-refractivity contribution in [2.45, 2.75) is 44.4 Å². The van der Waals surface area contributed by atoms with Gasteiger partial charge in [-0.2, -0.15) is 0 Å². The molecule has 2 aliphatic rings. The summed E-state index contributed by atoms with van der Waals surface area (Å²) < 4.78 is 5.56. The Morgan fingerprint density at radius 1 is 1.29 bits per heavy atom. The smallest absolute Gasteiger partial charge is 0.338 e. The minimum atomic E-state index is -0.316. The molecule has 21 heavy (non-hydrogen) atoms. The fourth-order valence-corrected chi connectivity index (χ4v) is 4.32.